The van der Waals surface area contributed by atoms with E-state index in [1.54, 1.807) is 149 Å². The van der Waals surface area contributed by atoms with E-state index in [0.29, 0.717) is 177 Å². The largest absolute Gasteiger partial charge is 0.0599 e. The highest BCUT2D eigenvalue weighted by molar-refractivity contribution is 5.78. The molecule has 0 bridgehead atoms. The van der Waals surface area contributed by atoms with Gasteiger partial charge in [0.25, 0.3) is 0 Å². The van der Waals surface area contributed by atoms with E-state index in [-0.39, 0.29) is 133 Å². The summed E-state index contributed by atoms with van der Waals surface area (Å²) in [4.78, 5) is 0. The monoisotopic (exact) mass is 1940 g/mol. The predicted octanol–water partition coefficient (Wildman–Crippen LogP) is 43.0. The maximum absolute atomic E-state index is 9.05. The second kappa shape index (κ2) is 46.2. The van der Waals surface area contributed by atoms with Crippen molar-refractivity contribution in [1.82, 2.24) is 0 Å². The minimum Gasteiger partial charge on any atom is -0.0599 e. The third-order valence-corrected chi connectivity index (χ3v) is 32.1. The van der Waals surface area contributed by atoms with Gasteiger partial charge in [-0.1, -0.05) is 288 Å². The summed E-state index contributed by atoms with van der Waals surface area (Å²) in [6, 6.07) is 52.7. The van der Waals surface area contributed by atoms with Gasteiger partial charge < -0.3 is 0 Å². The summed E-state index contributed by atoms with van der Waals surface area (Å²) in [5, 5.41) is 0. The molecule has 18 rings (SSSR count). The fourth-order valence-electron chi connectivity index (χ4n) is 20.8. The fraction of sp³-hybridized carbons (Fsp3) is 0.493. The van der Waals surface area contributed by atoms with Crippen molar-refractivity contribution in [2.75, 3.05) is 0 Å². The average Bonchev–Trinajstić information content (AvgIpc) is 0.735. The molecule has 0 amide bonds. The first kappa shape index (κ1) is 61.9. The number of benzene rings is 12. The molecule has 0 saturated heterocycles. The van der Waals surface area contributed by atoms with Crippen molar-refractivity contribution in [2.45, 2.75) is 424 Å². The highest BCUT2D eigenvalue weighted by Crippen LogP contribution is 2.51. The van der Waals surface area contributed by atoms with Crippen LogP contribution in [0.5, 0.6) is 0 Å². The first-order valence-electron chi connectivity index (χ1n) is 75.5. The first-order chi connectivity index (χ1) is 85.8. The van der Waals surface area contributed by atoms with Crippen LogP contribution in [0.2, 0.25) is 0 Å². The summed E-state index contributed by atoms with van der Waals surface area (Å²) in [5.74, 6) is -5.09. The van der Waals surface area contributed by atoms with E-state index in [2.05, 4.69) is 83.1 Å². The van der Waals surface area contributed by atoms with Gasteiger partial charge in [0.2, 0.25) is 0 Å². The van der Waals surface area contributed by atoms with Gasteiger partial charge in [-0.3, -0.25) is 0 Å². The Hall–Kier alpha value is -9.36. The van der Waals surface area contributed by atoms with Crippen molar-refractivity contribution in [3.63, 3.8) is 0 Å². The van der Waals surface area contributed by atoms with Gasteiger partial charge >= 0.3 is 0 Å². The number of hydrogen-bond donors (Lipinski definition) is 0. The zero-order valence-electron chi connectivity index (χ0n) is 136. The van der Waals surface area contributed by atoms with Crippen molar-refractivity contribution >= 4 is 0 Å². The zero-order chi connectivity index (χ0) is 144. The van der Waals surface area contributed by atoms with Crippen LogP contribution in [0.1, 0.15) is 494 Å². The molecule has 0 heterocycles. The van der Waals surface area contributed by atoms with Crippen LogP contribution >= 0.6 is 0 Å². The van der Waals surface area contributed by atoms with Crippen LogP contribution in [0.3, 0.4) is 0 Å². The average molecular weight is 1940 g/mol. The molecule has 0 aliphatic heterocycles. The lowest BCUT2D eigenvalue weighted by Gasteiger charge is -2.34. The predicted molar refractivity (Wildman–Crippen MR) is 625 cm³/mol. The molecule has 0 unspecified atom stereocenters. The Bertz CT molecular complexity index is 7950. The standard InChI is InChI=1S/4C24H32.2C23H30/c2*1-16-7-9-23(19(4)18(16)3)22-10-8-21(15-17(22)2)20-11-13-24(5,6)14-12-20;2*1-16-13-18(3)23(15-17(16)2)22-8-7-21(14-19(22)4)20-9-11-24(5,6)12-10-20;2*1-16-6-8-21(17(2)14-16)22-9-7-20(15-18(22)3)19-10-12-23(4,5)13-11-19/h2*7-10,15,20H,11-14H2,1-6H3;2*7-8,13-15,20H,9-12H2,1-6H3;2*6-9,14-15,19H,10-13H2,1-5H3/i2*2D3,4D3,20D;2*2D3,3D3,4D3,20D;2*2D3,3D3,19D. The maximum atomic E-state index is 9.05. The molecule has 756 valence electrons. The molecular weight excluding hydrogens is 1710 g/mol. The number of rotatable bonds is 12. The Morgan fingerprint density at radius 2 is 0.338 bits per heavy atom. The molecule has 12 aromatic rings. The Kier molecular flexibility index (Phi) is 20.1. The van der Waals surface area contributed by atoms with Crippen molar-refractivity contribution in [2.24, 2.45) is 32.5 Å². The van der Waals surface area contributed by atoms with Crippen molar-refractivity contribution < 1.29 is 65.8 Å². The highest BCUT2D eigenvalue weighted by Gasteiger charge is 2.35. The van der Waals surface area contributed by atoms with Gasteiger partial charge in [-0.2, -0.15) is 0 Å². The van der Waals surface area contributed by atoms with E-state index < -0.39 is 131 Å². The molecule has 142 heavy (non-hydrogen) atoms. The molecular formula is C142H188. The fourth-order valence-corrected chi connectivity index (χ4v) is 20.8. The summed E-state index contributed by atoms with van der Waals surface area (Å²) >= 11 is 0. The summed E-state index contributed by atoms with van der Waals surface area (Å²) < 4.78 is 392. The van der Waals surface area contributed by atoms with Crippen LogP contribution in [0, 0.1) is 184 Å². The summed E-state index contributed by atoms with van der Waals surface area (Å²) in [6.45, 7) is 5.99. The molecule has 0 aromatic heterocycles. The molecule has 12 aromatic carbocycles. The van der Waals surface area contributed by atoms with Crippen LogP contribution in [-0.4, -0.2) is 0 Å². The quantitative estimate of drug-likeness (QED) is 0.114. The van der Waals surface area contributed by atoms with Crippen LogP contribution in [0.15, 0.2) is 194 Å². The van der Waals surface area contributed by atoms with E-state index in [4.69, 9.17) is 65.8 Å². The Balaban J connectivity index is 0.000000184. The zero-order valence-corrected chi connectivity index (χ0v) is 88.4. The third-order valence-electron chi connectivity index (χ3n) is 32.1. The second-order valence-corrected chi connectivity index (χ2v) is 46.6. The smallest absolute Gasteiger partial charge is 0.0352 e. The van der Waals surface area contributed by atoms with Gasteiger partial charge in [0, 0.05) is 65.8 Å². The molecule has 6 aliphatic carbocycles. The van der Waals surface area contributed by atoms with Crippen LogP contribution < -0.4 is 0 Å². The minimum atomic E-state index is -2.58. The second-order valence-electron chi connectivity index (χ2n) is 46.6. The minimum absolute atomic E-state index is 0.0115. The lowest BCUT2D eigenvalue weighted by Crippen LogP contribution is -2.20. The number of hydrogen-bond acceptors (Lipinski definition) is 0. The van der Waals surface area contributed by atoms with E-state index >= 15 is 0 Å². The van der Waals surface area contributed by atoms with E-state index in [1.807, 2.05) is 64.1 Å². The Morgan fingerprint density at radius 3 is 0.542 bits per heavy atom. The maximum Gasteiger partial charge on any atom is 0.0352 e. The van der Waals surface area contributed by atoms with Gasteiger partial charge in [0.15, 0.2) is 0 Å². The lowest BCUT2D eigenvalue weighted by molar-refractivity contribution is 0.224. The Labute approximate surface area is 935 Å². The van der Waals surface area contributed by atoms with Crippen LogP contribution in [0.4, 0.5) is 0 Å². The molecule has 0 atom stereocenters. The van der Waals surface area contributed by atoms with Gasteiger partial charge in [-0.15, -0.1) is 0 Å². The molecule has 6 saturated carbocycles. The van der Waals surface area contributed by atoms with Crippen LogP contribution in [-0.2, 0) is 0 Å². The van der Waals surface area contributed by atoms with Crippen molar-refractivity contribution in [3.05, 3.63) is 350 Å². The molecule has 6 aliphatic rings. The van der Waals surface area contributed by atoms with Gasteiger partial charge in [0.1, 0.15) is 0 Å². The van der Waals surface area contributed by atoms with E-state index in [0.717, 1.165) is 99.3 Å². The molecule has 0 spiro atoms. The summed E-state index contributed by atoms with van der Waals surface area (Å²) in [7, 11) is 0. The SMILES string of the molecule is [2H]C([2H])([2H])c1cc(-c2ccc(C3([2H])CCC(C)(C)CC3)cc2C([2H])([2H])[2H])c(C([2H])([2H])[2H])cc1C.[2H]C([2H])([2H])c1cc(-c2ccc(C3([2H])CCC(C)(C)CC3)cc2C([2H])([2H])[2H])c(C([2H])([2H])[2H])cc1C.[2H]C([2H])([2H])c1cc(C)ccc1-c1ccc(C2([2H])CCC(C)(C)CC2)cc1C([2H])([2H])[2H].[2H]C([2H])([2H])c1cc(C)ccc1-c1ccc(C2([2H])CCC(C)(C)CC2)cc1C([2H])([2H])[2H].[2H]C([2H])([2H])c1cc(C2([2H])CCC(C)(C)CC2)ccc1-c1ccc(C)c(C)c1C([2H])([2H])[2H].[2H]C([2H])([2H])c1cc(C2([2H])CCC(C)(C)CC2)ccc1-c1ccc(C)c(C)c1C([2H])([2H])[2H]. The van der Waals surface area contributed by atoms with Gasteiger partial charge in [-0.25, -0.2) is 0 Å². The van der Waals surface area contributed by atoms with Crippen molar-refractivity contribution in [3.8, 4) is 66.8 Å². The van der Waals surface area contributed by atoms with Crippen molar-refractivity contribution in [1.29, 1.82) is 0 Å². The van der Waals surface area contributed by atoms with Gasteiger partial charge in [0.05, 0.1) is 0 Å². The lowest BCUT2D eigenvalue weighted by atomic mass is 9.71. The normalized spacial score (nSPS) is 25.5. The summed E-state index contributed by atoms with van der Waals surface area (Å²) in [5.41, 5.74) is 15.1. The topological polar surface area (TPSA) is 0 Å². The van der Waals surface area contributed by atoms with Crippen LogP contribution in [0.25, 0.3) is 66.8 Å². The van der Waals surface area contributed by atoms with E-state index in [1.165, 1.54) is 36.4 Å². The van der Waals surface area contributed by atoms with Gasteiger partial charge in [-0.05, 0) is 585 Å². The molecule has 0 N–H and O–H groups in total. The third kappa shape index (κ3) is 27.9. The highest BCUT2D eigenvalue weighted by atomic mass is 14.4. The first-order valence-corrected chi connectivity index (χ1v) is 51.5. The molecule has 0 nitrogen and oxygen atoms in total. The number of aryl methyl sites for hydroxylation is 18. The molecule has 0 heteroatoms. The molecule has 6 fully saturated rings. The summed E-state index contributed by atoms with van der Waals surface area (Å²) in [6.07, 6.45) is 18.7. The van der Waals surface area contributed by atoms with E-state index in [9.17, 15) is 0 Å². The Morgan fingerprint density at radius 1 is 0.162 bits per heavy atom. The molecule has 0 radical (unpaired) electrons.